The molecule has 0 aliphatic carbocycles. The highest BCUT2D eigenvalue weighted by Gasteiger charge is 2.35. The molecule has 1 fully saturated rings. The second-order valence-electron chi connectivity index (χ2n) is 8.28. The fourth-order valence-electron chi connectivity index (χ4n) is 4.02. The Balaban J connectivity index is 1.34. The molecule has 1 aliphatic heterocycles. The normalized spacial score (nSPS) is 17.3. The van der Waals surface area contributed by atoms with Gasteiger partial charge in [-0.1, -0.05) is 47.6 Å². The number of rotatable bonds is 6. The van der Waals surface area contributed by atoms with E-state index >= 15 is 0 Å². The summed E-state index contributed by atoms with van der Waals surface area (Å²) in [5, 5.41) is 6.52. The SMILES string of the molecule is CC(C(=O)Nc1ccccc1C(F)(F)F)N1CCN(C(C)c2nc(-c3ccccc3)no2)CC1. The van der Waals surface area contributed by atoms with Crippen molar-refractivity contribution in [3.05, 3.63) is 66.1 Å². The van der Waals surface area contributed by atoms with Crippen molar-refractivity contribution in [2.24, 2.45) is 0 Å². The van der Waals surface area contributed by atoms with Crippen molar-refractivity contribution in [1.29, 1.82) is 0 Å². The van der Waals surface area contributed by atoms with Crippen LogP contribution in [0, 0.1) is 0 Å². The lowest BCUT2D eigenvalue weighted by Gasteiger charge is -2.39. The van der Waals surface area contributed by atoms with Gasteiger partial charge in [-0.05, 0) is 26.0 Å². The number of alkyl halides is 3. The lowest BCUT2D eigenvalue weighted by molar-refractivity contribution is -0.137. The van der Waals surface area contributed by atoms with Gasteiger partial charge in [-0.25, -0.2) is 0 Å². The Morgan fingerprint density at radius 2 is 1.59 bits per heavy atom. The maximum atomic E-state index is 13.2. The summed E-state index contributed by atoms with van der Waals surface area (Å²) in [5.41, 5.74) is -0.213. The number of nitrogens with zero attached hydrogens (tertiary/aromatic N) is 4. The summed E-state index contributed by atoms with van der Waals surface area (Å²) >= 11 is 0. The van der Waals surface area contributed by atoms with Crippen molar-refractivity contribution in [3.8, 4) is 11.4 Å². The van der Waals surface area contributed by atoms with Crippen molar-refractivity contribution in [2.45, 2.75) is 32.1 Å². The lowest BCUT2D eigenvalue weighted by atomic mass is 10.1. The molecule has 0 bridgehead atoms. The van der Waals surface area contributed by atoms with Crippen molar-refractivity contribution in [3.63, 3.8) is 0 Å². The van der Waals surface area contributed by atoms with Gasteiger partial charge >= 0.3 is 6.18 Å². The number of hydrogen-bond acceptors (Lipinski definition) is 6. The molecule has 1 aliphatic rings. The largest absolute Gasteiger partial charge is 0.418 e. The Hall–Kier alpha value is -3.24. The summed E-state index contributed by atoms with van der Waals surface area (Å²) in [6, 6.07) is 13.9. The number of amides is 1. The highest BCUT2D eigenvalue weighted by atomic mass is 19.4. The standard InChI is InChI=1S/C24H26F3N5O2/c1-16(22(33)28-20-11-7-6-10-19(20)24(25,26)27)31-12-14-32(15-13-31)17(2)23-29-21(30-34-23)18-8-4-3-5-9-18/h3-11,16-17H,12-15H2,1-2H3,(H,28,33). The van der Waals surface area contributed by atoms with E-state index in [9.17, 15) is 18.0 Å². The second-order valence-corrected chi connectivity index (χ2v) is 8.28. The van der Waals surface area contributed by atoms with Gasteiger partial charge in [0.25, 0.3) is 0 Å². The predicted octanol–water partition coefficient (Wildman–Crippen LogP) is 4.46. The van der Waals surface area contributed by atoms with E-state index in [-0.39, 0.29) is 11.7 Å². The highest BCUT2D eigenvalue weighted by Crippen LogP contribution is 2.34. The number of aromatic nitrogens is 2. The van der Waals surface area contributed by atoms with E-state index < -0.39 is 23.7 Å². The quantitative estimate of drug-likeness (QED) is 0.570. The van der Waals surface area contributed by atoms with Crippen LogP contribution in [0.15, 0.2) is 59.1 Å². The molecular weight excluding hydrogens is 447 g/mol. The first-order valence-electron chi connectivity index (χ1n) is 11.1. The molecule has 2 atom stereocenters. The molecule has 1 N–H and O–H groups in total. The predicted molar refractivity (Wildman–Crippen MR) is 121 cm³/mol. The lowest BCUT2D eigenvalue weighted by Crippen LogP contribution is -2.53. The third-order valence-corrected chi connectivity index (χ3v) is 6.15. The second kappa shape index (κ2) is 9.94. The molecular formula is C24H26F3N5O2. The van der Waals surface area contributed by atoms with Crippen molar-refractivity contribution in [2.75, 3.05) is 31.5 Å². The summed E-state index contributed by atoms with van der Waals surface area (Å²) in [5.74, 6) is 0.579. The Morgan fingerprint density at radius 1 is 0.971 bits per heavy atom. The molecule has 2 heterocycles. The smallest absolute Gasteiger partial charge is 0.337 e. The van der Waals surface area contributed by atoms with Crippen molar-refractivity contribution in [1.82, 2.24) is 19.9 Å². The van der Waals surface area contributed by atoms with Crippen molar-refractivity contribution < 1.29 is 22.5 Å². The fraction of sp³-hybridized carbons (Fsp3) is 0.375. The summed E-state index contributed by atoms with van der Waals surface area (Å²) < 4.78 is 45.2. The summed E-state index contributed by atoms with van der Waals surface area (Å²) in [6.45, 7) is 6.16. The maximum absolute atomic E-state index is 13.2. The van der Waals surface area contributed by atoms with E-state index in [4.69, 9.17) is 4.52 Å². The van der Waals surface area contributed by atoms with Gasteiger partial charge in [-0.3, -0.25) is 14.6 Å². The third-order valence-electron chi connectivity index (χ3n) is 6.15. The maximum Gasteiger partial charge on any atom is 0.418 e. The van der Waals surface area contributed by atoms with E-state index in [1.165, 1.54) is 18.2 Å². The number of halogens is 3. The molecule has 34 heavy (non-hydrogen) atoms. The summed E-state index contributed by atoms with van der Waals surface area (Å²) in [6.07, 6.45) is -4.54. The molecule has 7 nitrogen and oxygen atoms in total. The molecule has 0 saturated carbocycles. The van der Waals surface area contributed by atoms with E-state index in [1.54, 1.807) is 6.92 Å². The Labute approximate surface area is 195 Å². The minimum absolute atomic E-state index is 0.102. The van der Waals surface area contributed by atoms with Gasteiger partial charge in [0.1, 0.15) is 0 Å². The number of carbonyl (C=O) groups excluding carboxylic acids is 1. The van der Waals surface area contributed by atoms with E-state index in [0.717, 1.165) is 11.6 Å². The van der Waals surface area contributed by atoms with Gasteiger partial charge < -0.3 is 9.84 Å². The zero-order chi connectivity index (χ0) is 24.3. The van der Waals surface area contributed by atoms with Crippen LogP contribution in [0.3, 0.4) is 0 Å². The molecule has 10 heteroatoms. The monoisotopic (exact) mass is 473 g/mol. The first-order valence-corrected chi connectivity index (χ1v) is 11.1. The van der Waals surface area contributed by atoms with Crippen LogP contribution in [-0.4, -0.2) is 58.1 Å². The minimum atomic E-state index is -4.54. The molecule has 2 unspecified atom stereocenters. The molecule has 4 rings (SSSR count). The molecule has 1 aromatic heterocycles. The number of benzene rings is 2. The van der Waals surface area contributed by atoms with E-state index in [1.807, 2.05) is 42.2 Å². The van der Waals surface area contributed by atoms with E-state index in [2.05, 4.69) is 20.4 Å². The number of piperazine rings is 1. The van der Waals surface area contributed by atoms with Crippen LogP contribution in [0.4, 0.5) is 18.9 Å². The number of hydrogen-bond donors (Lipinski definition) is 1. The number of anilines is 1. The van der Waals surface area contributed by atoms with Crippen LogP contribution < -0.4 is 5.32 Å². The molecule has 1 amide bonds. The zero-order valence-corrected chi connectivity index (χ0v) is 18.9. The molecule has 0 radical (unpaired) electrons. The van der Waals surface area contributed by atoms with Crippen LogP contribution in [0.25, 0.3) is 11.4 Å². The number of nitrogens with one attached hydrogen (secondary N) is 1. The van der Waals surface area contributed by atoms with Crippen LogP contribution in [0.5, 0.6) is 0 Å². The number of para-hydroxylation sites is 1. The number of carbonyl (C=O) groups is 1. The van der Waals surface area contributed by atoms with Crippen LogP contribution in [0.2, 0.25) is 0 Å². The molecule has 2 aromatic carbocycles. The van der Waals surface area contributed by atoms with Gasteiger partial charge in [0.15, 0.2) is 0 Å². The zero-order valence-electron chi connectivity index (χ0n) is 18.9. The first kappa shape index (κ1) is 23.9. The third kappa shape index (κ3) is 5.28. The fourth-order valence-corrected chi connectivity index (χ4v) is 4.02. The molecule has 1 saturated heterocycles. The van der Waals surface area contributed by atoms with Gasteiger partial charge in [0.05, 0.1) is 23.3 Å². The molecule has 180 valence electrons. The van der Waals surface area contributed by atoms with Crippen LogP contribution in [-0.2, 0) is 11.0 Å². The molecule has 0 spiro atoms. The topological polar surface area (TPSA) is 74.5 Å². The molecule has 3 aromatic rings. The minimum Gasteiger partial charge on any atom is -0.337 e. The van der Waals surface area contributed by atoms with Crippen molar-refractivity contribution >= 4 is 11.6 Å². The Kier molecular flexibility index (Phi) is 6.99. The average molecular weight is 473 g/mol. The highest BCUT2D eigenvalue weighted by molar-refractivity contribution is 5.95. The van der Waals surface area contributed by atoms with Gasteiger partial charge in [-0.2, -0.15) is 18.2 Å². The summed E-state index contributed by atoms with van der Waals surface area (Å²) in [4.78, 5) is 21.4. The Morgan fingerprint density at radius 3 is 2.26 bits per heavy atom. The van der Waals surface area contributed by atoms with E-state index in [0.29, 0.717) is 37.9 Å². The summed E-state index contributed by atoms with van der Waals surface area (Å²) in [7, 11) is 0. The van der Waals surface area contributed by atoms with Gasteiger partial charge in [0, 0.05) is 31.7 Å². The van der Waals surface area contributed by atoms with Crippen LogP contribution in [0.1, 0.15) is 31.3 Å². The Bertz CT molecular complexity index is 1110. The van der Waals surface area contributed by atoms with Gasteiger partial charge in [0.2, 0.25) is 17.6 Å². The first-order chi connectivity index (χ1) is 16.2. The average Bonchev–Trinajstić information content (AvgIpc) is 3.34. The van der Waals surface area contributed by atoms with Crippen LogP contribution >= 0.6 is 0 Å². The van der Waals surface area contributed by atoms with Gasteiger partial charge in [-0.15, -0.1) is 0 Å².